The molecule has 5 rings (SSSR count). The number of benzene rings is 1. The molecule has 2 unspecified atom stereocenters. The highest BCUT2D eigenvalue weighted by molar-refractivity contribution is 6.30. The average molecular weight is 378 g/mol. The van der Waals surface area contributed by atoms with E-state index in [1.54, 1.807) is 31.2 Å². The van der Waals surface area contributed by atoms with Crippen LogP contribution in [0.15, 0.2) is 24.3 Å². The predicted molar refractivity (Wildman–Crippen MR) is 97.7 cm³/mol. The van der Waals surface area contributed by atoms with Crippen molar-refractivity contribution in [1.29, 1.82) is 0 Å². The summed E-state index contributed by atoms with van der Waals surface area (Å²) in [7, 11) is 0. The molecular formula is C20H24ClNO4. The van der Waals surface area contributed by atoms with E-state index in [0.29, 0.717) is 29.0 Å². The smallest absolute Gasteiger partial charge is 0.312 e. The summed E-state index contributed by atoms with van der Waals surface area (Å²) < 4.78 is 5.55. The molecule has 4 aliphatic rings. The molecule has 0 spiro atoms. The fourth-order valence-corrected chi connectivity index (χ4v) is 5.70. The summed E-state index contributed by atoms with van der Waals surface area (Å²) in [5.41, 5.74) is -0.739. The second kappa shape index (κ2) is 6.24. The van der Waals surface area contributed by atoms with Crippen molar-refractivity contribution < 1.29 is 19.4 Å². The Morgan fingerprint density at radius 3 is 2.38 bits per heavy atom. The van der Waals surface area contributed by atoms with Gasteiger partial charge in [-0.2, -0.15) is 0 Å². The Morgan fingerprint density at radius 2 is 1.81 bits per heavy atom. The third-order valence-corrected chi connectivity index (χ3v) is 6.48. The zero-order valence-electron chi connectivity index (χ0n) is 14.8. The molecule has 4 aliphatic carbocycles. The first-order valence-electron chi connectivity index (χ1n) is 9.27. The fraction of sp³-hybridized carbons (Fsp3) is 0.600. The number of halogens is 1. The third-order valence-electron chi connectivity index (χ3n) is 6.23. The molecule has 1 amide bonds. The van der Waals surface area contributed by atoms with Gasteiger partial charge in [-0.1, -0.05) is 11.6 Å². The van der Waals surface area contributed by atoms with Crippen molar-refractivity contribution in [3.63, 3.8) is 0 Å². The number of carbonyl (C=O) groups excluding carboxylic acids is 2. The van der Waals surface area contributed by atoms with E-state index in [4.69, 9.17) is 16.3 Å². The van der Waals surface area contributed by atoms with Crippen molar-refractivity contribution in [2.24, 2.45) is 17.3 Å². The molecule has 0 aliphatic heterocycles. The largest absolute Gasteiger partial charge is 0.452 e. The van der Waals surface area contributed by atoms with Gasteiger partial charge in [0, 0.05) is 10.7 Å². The minimum Gasteiger partial charge on any atom is -0.452 e. The Kier molecular flexibility index (Phi) is 4.27. The number of hydrogen-bond acceptors (Lipinski definition) is 4. The first kappa shape index (κ1) is 17.8. The highest BCUT2D eigenvalue weighted by Gasteiger charge is 2.61. The maximum Gasteiger partial charge on any atom is 0.312 e. The van der Waals surface area contributed by atoms with Crippen molar-refractivity contribution >= 4 is 29.2 Å². The summed E-state index contributed by atoms with van der Waals surface area (Å²) in [4.78, 5) is 25.3. The molecule has 0 saturated heterocycles. The monoisotopic (exact) mass is 377 g/mol. The van der Waals surface area contributed by atoms with Crippen LogP contribution < -0.4 is 5.32 Å². The van der Waals surface area contributed by atoms with Gasteiger partial charge in [-0.05, 0) is 81.5 Å². The molecule has 1 aromatic rings. The van der Waals surface area contributed by atoms with Gasteiger partial charge in [0.2, 0.25) is 0 Å². The van der Waals surface area contributed by atoms with E-state index in [-0.39, 0.29) is 11.9 Å². The topological polar surface area (TPSA) is 75.6 Å². The SMILES string of the molecule is C[C@@H](OC(=O)C12C[C@@H]3C[C@@H](CC(O)(C3)C1)C2)C(=O)Nc1ccc(Cl)cc1. The number of amides is 1. The van der Waals surface area contributed by atoms with E-state index in [2.05, 4.69) is 5.32 Å². The maximum atomic E-state index is 12.9. The van der Waals surface area contributed by atoms with Gasteiger partial charge in [0.15, 0.2) is 6.10 Å². The number of nitrogens with one attached hydrogen (secondary N) is 1. The van der Waals surface area contributed by atoms with Crippen molar-refractivity contribution in [1.82, 2.24) is 0 Å². The van der Waals surface area contributed by atoms with Gasteiger partial charge in [-0.25, -0.2) is 0 Å². The van der Waals surface area contributed by atoms with E-state index >= 15 is 0 Å². The summed E-state index contributed by atoms with van der Waals surface area (Å²) in [5, 5.41) is 14.1. The van der Waals surface area contributed by atoms with E-state index in [1.165, 1.54) is 0 Å². The summed E-state index contributed by atoms with van der Waals surface area (Å²) in [6, 6.07) is 6.76. The Balaban J connectivity index is 1.41. The molecule has 5 atom stereocenters. The van der Waals surface area contributed by atoms with Crippen LogP contribution in [0.3, 0.4) is 0 Å². The van der Waals surface area contributed by atoms with E-state index in [1.807, 2.05) is 0 Å². The van der Waals surface area contributed by atoms with Gasteiger partial charge in [0.25, 0.3) is 5.91 Å². The molecule has 0 heterocycles. The molecule has 4 saturated carbocycles. The quantitative estimate of drug-likeness (QED) is 0.787. The molecule has 5 nitrogen and oxygen atoms in total. The van der Waals surface area contributed by atoms with Crippen molar-refractivity contribution in [2.45, 2.75) is 57.2 Å². The van der Waals surface area contributed by atoms with Crippen LogP contribution in [0, 0.1) is 17.3 Å². The number of aliphatic hydroxyl groups is 1. The zero-order valence-corrected chi connectivity index (χ0v) is 15.6. The second-order valence-electron chi connectivity index (χ2n) is 8.51. The molecule has 0 aromatic heterocycles. The van der Waals surface area contributed by atoms with Crippen LogP contribution in [0.2, 0.25) is 5.02 Å². The molecule has 4 bridgehead atoms. The second-order valence-corrected chi connectivity index (χ2v) is 8.95. The minimum atomic E-state index is -0.888. The van der Waals surface area contributed by atoms with Crippen LogP contribution >= 0.6 is 11.6 Å². The van der Waals surface area contributed by atoms with Gasteiger partial charge in [0.1, 0.15) is 0 Å². The Morgan fingerprint density at radius 1 is 1.19 bits per heavy atom. The van der Waals surface area contributed by atoms with Crippen LogP contribution in [0.5, 0.6) is 0 Å². The van der Waals surface area contributed by atoms with Crippen LogP contribution in [-0.2, 0) is 14.3 Å². The first-order valence-corrected chi connectivity index (χ1v) is 9.65. The number of carbonyl (C=O) groups is 2. The molecule has 1 aromatic carbocycles. The van der Waals surface area contributed by atoms with Crippen molar-refractivity contribution in [3.05, 3.63) is 29.3 Å². The molecule has 140 valence electrons. The lowest BCUT2D eigenvalue weighted by molar-refractivity contribution is -0.199. The molecular weight excluding hydrogens is 354 g/mol. The van der Waals surface area contributed by atoms with E-state index in [9.17, 15) is 14.7 Å². The van der Waals surface area contributed by atoms with E-state index in [0.717, 1.165) is 32.1 Å². The van der Waals surface area contributed by atoms with Crippen molar-refractivity contribution in [3.8, 4) is 0 Å². The van der Waals surface area contributed by atoms with Crippen LogP contribution in [0.1, 0.15) is 45.4 Å². The lowest BCUT2D eigenvalue weighted by Gasteiger charge is -2.58. The molecule has 2 N–H and O–H groups in total. The van der Waals surface area contributed by atoms with Gasteiger partial charge in [-0.3, -0.25) is 9.59 Å². The molecule has 6 heteroatoms. The van der Waals surface area contributed by atoms with Gasteiger partial charge >= 0.3 is 5.97 Å². The van der Waals surface area contributed by atoms with Crippen molar-refractivity contribution in [2.75, 3.05) is 5.32 Å². The van der Waals surface area contributed by atoms with Gasteiger partial charge < -0.3 is 15.2 Å². The fourth-order valence-electron chi connectivity index (χ4n) is 5.57. The van der Waals surface area contributed by atoms with Crippen LogP contribution in [-0.4, -0.2) is 28.7 Å². The summed E-state index contributed by atoms with van der Waals surface area (Å²) in [6.07, 6.45) is 3.82. The summed E-state index contributed by atoms with van der Waals surface area (Å²) in [6.45, 7) is 1.58. The highest BCUT2D eigenvalue weighted by Crippen LogP contribution is 2.62. The van der Waals surface area contributed by atoms with Gasteiger partial charge in [0.05, 0.1) is 11.0 Å². The number of rotatable bonds is 4. The Hall–Kier alpha value is -1.59. The first-order chi connectivity index (χ1) is 12.3. The lowest BCUT2D eigenvalue weighted by atomic mass is 9.48. The number of esters is 1. The predicted octanol–water partition coefficient (Wildman–Crippen LogP) is 3.54. The minimum absolute atomic E-state index is 0.330. The lowest BCUT2D eigenvalue weighted by Crippen LogP contribution is -2.59. The zero-order chi connectivity index (χ0) is 18.5. The number of hydrogen-bond donors (Lipinski definition) is 2. The molecule has 26 heavy (non-hydrogen) atoms. The summed E-state index contributed by atoms with van der Waals surface area (Å²) >= 11 is 5.84. The highest BCUT2D eigenvalue weighted by atomic mass is 35.5. The van der Waals surface area contributed by atoms with Crippen LogP contribution in [0.25, 0.3) is 0 Å². The van der Waals surface area contributed by atoms with E-state index < -0.39 is 17.1 Å². The standard InChI is InChI=1S/C20H24ClNO4/c1-12(17(23)22-16-4-2-15(21)3-5-16)26-18(24)19-7-13-6-14(8-19)10-20(25,9-13)11-19/h2-5,12-14,25H,6-11H2,1H3,(H,22,23)/t12-,13-,14+,19?,20?/m1/s1. The molecule has 4 fully saturated rings. The Bertz CT molecular complexity index is 718. The van der Waals surface area contributed by atoms with Gasteiger partial charge in [-0.15, -0.1) is 0 Å². The number of anilines is 1. The van der Waals surface area contributed by atoms with Crippen LogP contribution in [0.4, 0.5) is 5.69 Å². The third kappa shape index (κ3) is 3.23. The number of ether oxygens (including phenoxy) is 1. The average Bonchev–Trinajstić information content (AvgIpc) is 2.54. The normalized spacial score (nSPS) is 35.8. The molecule has 0 radical (unpaired) electrons. The summed E-state index contributed by atoms with van der Waals surface area (Å²) in [5.74, 6) is 0.0897. The Labute approximate surface area is 158 Å². The maximum absolute atomic E-state index is 12.9.